The molecule has 0 amide bonds. The van der Waals surface area contributed by atoms with Crippen LogP contribution in [0.25, 0.3) is 10.4 Å². The maximum atomic E-state index is 11.4. The fourth-order valence-corrected chi connectivity index (χ4v) is 2.88. The quantitative estimate of drug-likeness (QED) is 0.650. The van der Waals surface area contributed by atoms with Crippen LogP contribution in [0.3, 0.4) is 0 Å². The maximum Gasteiger partial charge on any atom is 0.169 e. The van der Waals surface area contributed by atoms with Gasteiger partial charge in [0.1, 0.15) is 11.9 Å². The number of benzene rings is 1. The van der Waals surface area contributed by atoms with Crippen molar-refractivity contribution in [3.63, 3.8) is 0 Å². The van der Waals surface area contributed by atoms with E-state index in [1.165, 1.54) is 11.3 Å². The van der Waals surface area contributed by atoms with E-state index in [9.17, 15) is 4.79 Å². The molecule has 117 valence electrons. The van der Waals surface area contributed by atoms with Gasteiger partial charge in [0.2, 0.25) is 0 Å². The zero-order valence-electron chi connectivity index (χ0n) is 13.3. The average Bonchev–Trinajstić information content (AvgIpc) is 2.89. The summed E-state index contributed by atoms with van der Waals surface area (Å²) >= 11 is 7.79. The summed E-state index contributed by atoms with van der Waals surface area (Å²) in [6.45, 7) is 11.8. The van der Waals surface area contributed by atoms with Crippen LogP contribution in [0.4, 0.5) is 0 Å². The predicted molar refractivity (Wildman–Crippen MR) is 94.0 cm³/mol. The highest BCUT2D eigenvalue weighted by molar-refractivity contribution is 7.17. The highest BCUT2D eigenvalue weighted by Crippen LogP contribution is 2.35. The number of hydrogen-bond acceptors (Lipinski definition) is 3. The first-order valence-electron chi connectivity index (χ1n) is 7.09. The van der Waals surface area contributed by atoms with Crippen LogP contribution >= 0.6 is 22.9 Å². The van der Waals surface area contributed by atoms with Gasteiger partial charge >= 0.3 is 0 Å². The lowest BCUT2D eigenvalue weighted by molar-refractivity contribution is 0.102. The molecule has 0 spiro atoms. The predicted octanol–water partition coefficient (Wildman–Crippen LogP) is 5.90. The summed E-state index contributed by atoms with van der Waals surface area (Å²) in [4.78, 5) is 13.1. The monoisotopic (exact) mass is 335 g/mol. The highest BCUT2D eigenvalue weighted by Gasteiger charge is 2.22. The molecule has 0 saturated carbocycles. The Bertz CT molecular complexity index is 683. The van der Waals surface area contributed by atoms with Crippen LogP contribution in [0.1, 0.15) is 37.4 Å². The van der Waals surface area contributed by atoms with E-state index >= 15 is 0 Å². The van der Waals surface area contributed by atoms with Crippen molar-refractivity contribution < 1.29 is 9.53 Å². The zero-order chi connectivity index (χ0) is 16.5. The number of hydrogen-bond donors (Lipinski definition) is 0. The fourth-order valence-electron chi connectivity index (χ4n) is 1.76. The van der Waals surface area contributed by atoms with Crippen LogP contribution in [0.2, 0.25) is 5.02 Å². The van der Waals surface area contributed by atoms with Gasteiger partial charge in [-0.05, 0) is 55.2 Å². The summed E-state index contributed by atoms with van der Waals surface area (Å²) in [7, 11) is 0. The molecular weight excluding hydrogens is 316 g/mol. The number of carbonyl (C=O) groups is 1. The standard InChI is InChI=1S/C18H20ClO2S/c1-11(20)16-8-9-17(22-16)13-6-7-15(14(19)10-13)21-12(2)18(3,4)5/h6-10,12H,2H2,1,3-5H3. The largest absolute Gasteiger partial charge is 0.488 e. The molecular formula is C18H20ClO2S. The van der Waals surface area contributed by atoms with E-state index in [0.717, 1.165) is 15.3 Å². The van der Waals surface area contributed by atoms with Crippen molar-refractivity contribution in [2.75, 3.05) is 0 Å². The van der Waals surface area contributed by atoms with Gasteiger partial charge in [-0.2, -0.15) is 0 Å². The molecule has 1 radical (unpaired) electrons. The van der Waals surface area contributed by atoms with Gasteiger partial charge in [-0.15, -0.1) is 11.3 Å². The SMILES string of the molecule is [CH2]C(Oc1ccc(-c2ccc(C(C)=O)s2)cc1Cl)C(C)(C)C. The first kappa shape index (κ1) is 17.0. The van der Waals surface area contributed by atoms with Crippen LogP contribution in [0, 0.1) is 12.3 Å². The van der Waals surface area contributed by atoms with Crippen molar-refractivity contribution in [2.45, 2.75) is 33.8 Å². The topological polar surface area (TPSA) is 26.3 Å². The van der Waals surface area contributed by atoms with E-state index in [4.69, 9.17) is 16.3 Å². The molecule has 0 saturated heterocycles. The van der Waals surface area contributed by atoms with Gasteiger partial charge in [-0.1, -0.05) is 32.4 Å². The van der Waals surface area contributed by atoms with Crippen LogP contribution in [0.15, 0.2) is 30.3 Å². The maximum absolute atomic E-state index is 11.4. The summed E-state index contributed by atoms with van der Waals surface area (Å²) < 4.78 is 5.85. The molecule has 2 rings (SSSR count). The molecule has 2 aromatic rings. The number of thiophene rings is 1. The summed E-state index contributed by atoms with van der Waals surface area (Å²) in [5, 5.41) is 0.549. The average molecular weight is 336 g/mol. The third kappa shape index (κ3) is 3.90. The Balaban J connectivity index is 2.24. The smallest absolute Gasteiger partial charge is 0.169 e. The molecule has 1 aromatic heterocycles. The first-order valence-corrected chi connectivity index (χ1v) is 8.28. The Labute approximate surface area is 141 Å². The van der Waals surface area contributed by atoms with Crippen LogP contribution < -0.4 is 4.74 Å². The van der Waals surface area contributed by atoms with Crippen LogP contribution in [0.5, 0.6) is 5.75 Å². The van der Waals surface area contributed by atoms with Crippen molar-refractivity contribution in [1.82, 2.24) is 0 Å². The molecule has 0 aliphatic rings. The Morgan fingerprint density at radius 3 is 2.45 bits per heavy atom. The van der Waals surface area contributed by atoms with Gasteiger partial charge in [0.05, 0.1) is 9.90 Å². The number of rotatable bonds is 4. The van der Waals surface area contributed by atoms with Crippen molar-refractivity contribution >= 4 is 28.7 Å². The molecule has 1 atom stereocenters. The Morgan fingerprint density at radius 1 is 1.27 bits per heavy atom. The molecule has 1 unspecified atom stereocenters. The number of ketones is 1. The minimum Gasteiger partial charge on any atom is -0.488 e. The van der Waals surface area contributed by atoms with E-state index < -0.39 is 0 Å². The zero-order valence-corrected chi connectivity index (χ0v) is 14.8. The van der Waals surface area contributed by atoms with Gasteiger partial charge < -0.3 is 4.74 Å². The summed E-state index contributed by atoms with van der Waals surface area (Å²) in [5.41, 5.74) is 0.915. The number of halogens is 1. The van der Waals surface area contributed by atoms with Gasteiger partial charge in [-0.25, -0.2) is 0 Å². The molecule has 0 bridgehead atoms. The van der Waals surface area contributed by atoms with Crippen LogP contribution in [-0.4, -0.2) is 11.9 Å². The van der Waals surface area contributed by atoms with E-state index in [2.05, 4.69) is 27.7 Å². The fraction of sp³-hybridized carbons (Fsp3) is 0.333. The Morgan fingerprint density at radius 2 is 1.95 bits per heavy atom. The third-order valence-corrected chi connectivity index (χ3v) is 4.94. The molecule has 4 heteroatoms. The summed E-state index contributed by atoms with van der Waals surface area (Å²) in [5.74, 6) is 0.705. The van der Waals surface area contributed by atoms with Gasteiger partial charge in [0, 0.05) is 4.88 Å². The van der Waals surface area contributed by atoms with Crippen molar-refractivity contribution in [2.24, 2.45) is 5.41 Å². The van der Waals surface area contributed by atoms with Crippen molar-refractivity contribution in [3.05, 3.63) is 47.2 Å². The molecule has 0 aliphatic heterocycles. The molecule has 0 aliphatic carbocycles. The van der Waals surface area contributed by atoms with Crippen molar-refractivity contribution in [1.29, 1.82) is 0 Å². The lowest BCUT2D eigenvalue weighted by Crippen LogP contribution is -2.29. The summed E-state index contributed by atoms with van der Waals surface area (Å²) in [6.07, 6.45) is -0.193. The molecule has 0 N–H and O–H groups in total. The van der Waals surface area contributed by atoms with Gasteiger partial charge in [0.25, 0.3) is 0 Å². The summed E-state index contributed by atoms with van der Waals surface area (Å²) in [6, 6.07) is 9.45. The third-order valence-electron chi connectivity index (χ3n) is 3.40. The number of carbonyl (C=O) groups excluding carboxylic acids is 1. The van der Waals surface area contributed by atoms with Gasteiger partial charge in [-0.3, -0.25) is 4.79 Å². The number of ether oxygens (including phenoxy) is 1. The van der Waals surface area contributed by atoms with E-state index in [-0.39, 0.29) is 17.3 Å². The minimum atomic E-state index is -0.193. The van der Waals surface area contributed by atoms with Crippen molar-refractivity contribution in [3.8, 4) is 16.2 Å². The first-order chi connectivity index (χ1) is 10.2. The lowest BCUT2D eigenvalue weighted by Gasteiger charge is -2.28. The second-order valence-electron chi connectivity index (χ2n) is 6.34. The second-order valence-corrected chi connectivity index (χ2v) is 7.83. The van der Waals surface area contributed by atoms with E-state index in [1.807, 2.05) is 30.3 Å². The molecule has 1 heterocycles. The highest BCUT2D eigenvalue weighted by atomic mass is 35.5. The Hall–Kier alpha value is -1.32. The number of Topliss-reactive ketones (excluding diaryl/α,β-unsaturated/α-hetero) is 1. The van der Waals surface area contributed by atoms with E-state index in [0.29, 0.717) is 10.8 Å². The lowest BCUT2D eigenvalue weighted by atomic mass is 9.90. The molecule has 1 aromatic carbocycles. The normalized spacial score (nSPS) is 13.0. The molecule has 0 fully saturated rings. The van der Waals surface area contributed by atoms with E-state index in [1.54, 1.807) is 6.92 Å². The Kier molecular flexibility index (Phi) is 4.98. The van der Waals surface area contributed by atoms with Crippen LogP contribution in [-0.2, 0) is 0 Å². The molecule has 2 nitrogen and oxygen atoms in total. The second kappa shape index (κ2) is 6.43. The molecule has 22 heavy (non-hydrogen) atoms. The minimum absolute atomic E-state index is 0.0634. The van der Waals surface area contributed by atoms with Gasteiger partial charge in [0.15, 0.2) is 5.78 Å².